The second-order valence-corrected chi connectivity index (χ2v) is 5.44. The second-order valence-electron chi connectivity index (χ2n) is 5.44. The van der Waals surface area contributed by atoms with E-state index in [1.807, 2.05) is 0 Å². The number of hydrogen-bond donors (Lipinski definition) is 2. The molecule has 140 valence electrons. The molecule has 2 N–H and O–H groups in total. The zero-order valence-electron chi connectivity index (χ0n) is 15.0. The summed E-state index contributed by atoms with van der Waals surface area (Å²) in [7, 11) is 4.59. The molecule has 0 bridgehead atoms. The van der Waals surface area contributed by atoms with Crippen molar-refractivity contribution in [2.24, 2.45) is 0 Å². The monoisotopic (exact) mass is 361 g/mol. The number of rotatable bonds is 9. The van der Waals surface area contributed by atoms with Crippen molar-refractivity contribution >= 4 is 12.0 Å². The predicted molar refractivity (Wildman–Crippen MR) is 96.4 cm³/mol. The molecule has 2 rings (SSSR count). The quantitative estimate of drug-likeness (QED) is 0.667. The largest absolute Gasteiger partial charge is 0.493 e. The van der Waals surface area contributed by atoms with Gasteiger partial charge < -0.3 is 29.1 Å². The number of furan rings is 1. The third kappa shape index (κ3) is 5.03. The van der Waals surface area contributed by atoms with E-state index in [4.69, 9.17) is 18.6 Å². The Labute approximate surface area is 152 Å². The Morgan fingerprint density at radius 1 is 1.23 bits per heavy atom. The van der Waals surface area contributed by atoms with Crippen LogP contribution in [0.1, 0.15) is 23.7 Å². The minimum absolute atomic E-state index is 0.266. The molecule has 0 aliphatic heterocycles. The first-order chi connectivity index (χ1) is 12.6. The Morgan fingerprint density at radius 3 is 2.46 bits per heavy atom. The van der Waals surface area contributed by atoms with Crippen molar-refractivity contribution in [2.45, 2.75) is 12.5 Å². The summed E-state index contributed by atoms with van der Waals surface area (Å²) in [6.07, 6.45) is 5.75. The highest BCUT2D eigenvalue weighted by Crippen LogP contribution is 2.38. The molecule has 0 spiro atoms. The van der Waals surface area contributed by atoms with E-state index in [0.29, 0.717) is 35.8 Å². The standard InChI is InChI=1S/C19H23NO6/c1-23-16-10-13(11-17(24-2)19(16)25-3)4-5-18(22)20-8-6-15(21)14-7-9-26-12-14/h4-5,7,9-12,15,21H,6,8H2,1-3H3,(H,20,22)/b5-4+. The van der Waals surface area contributed by atoms with Gasteiger partial charge in [0.2, 0.25) is 11.7 Å². The van der Waals surface area contributed by atoms with Gasteiger partial charge in [0.05, 0.1) is 40.0 Å². The summed E-state index contributed by atoms with van der Waals surface area (Å²) in [5.74, 6) is 1.24. The van der Waals surface area contributed by atoms with Crippen molar-refractivity contribution in [1.82, 2.24) is 5.32 Å². The van der Waals surface area contributed by atoms with E-state index in [9.17, 15) is 9.90 Å². The average Bonchev–Trinajstić information content (AvgIpc) is 3.20. The summed E-state index contributed by atoms with van der Waals surface area (Å²) in [6.45, 7) is 0.338. The zero-order chi connectivity index (χ0) is 18.9. The molecule has 0 radical (unpaired) electrons. The summed E-state index contributed by atoms with van der Waals surface area (Å²) in [5, 5.41) is 12.6. The molecule has 1 atom stereocenters. The zero-order valence-corrected chi connectivity index (χ0v) is 15.0. The van der Waals surface area contributed by atoms with Gasteiger partial charge in [0, 0.05) is 18.2 Å². The van der Waals surface area contributed by atoms with Gasteiger partial charge in [0.15, 0.2) is 11.5 Å². The molecule has 1 unspecified atom stereocenters. The van der Waals surface area contributed by atoms with Crippen LogP contribution in [-0.2, 0) is 4.79 Å². The highest BCUT2D eigenvalue weighted by Gasteiger charge is 2.12. The van der Waals surface area contributed by atoms with Crippen molar-refractivity contribution < 1.29 is 28.5 Å². The third-order valence-electron chi connectivity index (χ3n) is 3.76. The van der Waals surface area contributed by atoms with Gasteiger partial charge in [-0.3, -0.25) is 4.79 Å². The van der Waals surface area contributed by atoms with E-state index in [1.54, 1.807) is 24.3 Å². The number of methoxy groups -OCH3 is 3. The summed E-state index contributed by atoms with van der Waals surface area (Å²) in [4.78, 5) is 11.9. The van der Waals surface area contributed by atoms with E-state index < -0.39 is 6.10 Å². The number of ether oxygens (including phenoxy) is 3. The molecule has 1 heterocycles. The van der Waals surface area contributed by atoms with Crippen molar-refractivity contribution in [1.29, 1.82) is 0 Å². The minimum atomic E-state index is -0.673. The molecule has 0 fully saturated rings. The molecule has 1 amide bonds. The maximum Gasteiger partial charge on any atom is 0.244 e. The Kier molecular flexibility index (Phi) is 7.11. The number of amides is 1. The van der Waals surface area contributed by atoms with Crippen LogP contribution in [0, 0.1) is 0 Å². The molecule has 1 aromatic heterocycles. The smallest absolute Gasteiger partial charge is 0.244 e. The fraction of sp³-hybridized carbons (Fsp3) is 0.316. The van der Waals surface area contributed by atoms with Crippen LogP contribution < -0.4 is 19.5 Å². The average molecular weight is 361 g/mol. The SMILES string of the molecule is COc1cc(/C=C/C(=O)NCCC(O)c2ccoc2)cc(OC)c1OC. The first-order valence-corrected chi connectivity index (χ1v) is 8.05. The molecule has 0 aliphatic carbocycles. The maximum atomic E-state index is 11.9. The van der Waals surface area contributed by atoms with Gasteiger partial charge in [-0.05, 0) is 36.3 Å². The van der Waals surface area contributed by atoms with Crippen LogP contribution in [0.3, 0.4) is 0 Å². The highest BCUT2D eigenvalue weighted by atomic mass is 16.5. The van der Waals surface area contributed by atoms with Crippen LogP contribution in [0.5, 0.6) is 17.2 Å². The lowest BCUT2D eigenvalue weighted by Gasteiger charge is -2.12. The van der Waals surface area contributed by atoms with Gasteiger partial charge in [0.25, 0.3) is 0 Å². The van der Waals surface area contributed by atoms with Gasteiger partial charge in [-0.15, -0.1) is 0 Å². The van der Waals surface area contributed by atoms with E-state index in [1.165, 1.54) is 39.9 Å². The number of aliphatic hydroxyl groups excluding tert-OH is 1. The van der Waals surface area contributed by atoms with Crippen LogP contribution in [-0.4, -0.2) is 38.9 Å². The van der Waals surface area contributed by atoms with E-state index >= 15 is 0 Å². The minimum Gasteiger partial charge on any atom is -0.493 e. The molecule has 7 heteroatoms. The normalized spacial score (nSPS) is 12.0. The van der Waals surface area contributed by atoms with E-state index in [-0.39, 0.29) is 5.91 Å². The van der Waals surface area contributed by atoms with Crippen molar-refractivity contribution in [3.8, 4) is 17.2 Å². The first-order valence-electron chi connectivity index (χ1n) is 8.05. The lowest BCUT2D eigenvalue weighted by Crippen LogP contribution is -2.23. The van der Waals surface area contributed by atoms with Crippen LogP contribution in [0.15, 0.2) is 41.2 Å². The van der Waals surface area contributed by atoms with Gasteiger partial charge in [-0.25, -0.2) is 0 Å². The number of carbonyl (C=O) groups is 1. The fourth-order valence-electron chi connectivity index (χ4n) is 2.39. The molecule has 0 saturated heterocycles. The number of carbonyl (C=O) groups excluding carboxylic acids is 1. The molecule has 1 aromatic carbocycles. The van der Waals surface area contributed by atoms with Crippen molar-refractivity contribution in [3.63, 3.8) is 0 Å². The Balaban J connectivity index is 1.93. The summed E-state index contributed by atoms with van der Waals surface area (Å²) >= 11 is 0. The molecule has 26 heavy (non-hydrogen) atoms. The van der Waals surface area contributed by atoms with Crippen molar-refractivity contribution in [3.05, 3.63) is 47.9 Å². The predicted octanol–water partition coefficient (Wildman–Crippen LogP) is 2.56. The van der Waals surface area contributed by atoms with E-state index in [0.717, 1.165) is 5.56 Å². The van der Waals surface area contributed by atoms with Crippen LogP contribution >= 0.6 is 0 Å². The molecule has 0 saturated carbocycles. The number of hydrogen-bond acceptors (Lipinski definition) is 6. The Bertz CT molecular complexity index is 713. The van der Waals surface area contributed by atoms with E-state index in [2.05, 4.69) is 5.32 Å². The molecule has 7 nitrogen and oxygen atoms in total. The lowest BCUT2D eigenvalue weighted by atomic mass is 10.1. The lowest BCUT2D eigenvalue weighted by molar-refractivity contribution is -0.116. The Morgan fingerprint density at radius 2 is 1.92 bits per heavy atom. The third-order valence-corrected chi connectivity index (χ3v) is 3.76. The van der Waals surface area contributed by atoms with Crippen LogP contribution in [0.25, 0.3) is 6.08 Å². The summed E-state index contributed by atoms with van der Waals surface area (Å²) < 4.78 is 20.7. The first kappa shape index (κ1) is 19.4. The molecular weight excluding hydrogens is 338 g/mol. The molecule has 2 aromatic rings. The maximum absolute atomic E-state index is 11.9. The molecule has 0 aliphatic rings. The van der Waals surface area contributed by atoms with Gasteiger partial charge in [0.1, 0.15) is 0 Å². The topological polar surface area (TPSA) is 90.2 Å². The second kappa shape index (κ2) is 9.53. The number of nitrogens with one attached hydrogen (secondary N) is 1. The van der Waals surface area contributed by atoms with Crippen LogP contribution in [0.2, 0.25) is 0 Å². The fourth-order valence-corrected chi connectivity index (χ4v) is 2.39. The summed E-state index contributed by atoms with van der Waals surface area (Å²) in [6, 6.07) is 5.18. The molecular formula is C19H23NO6. The Hall–Kier alpha value is -2.93. The van der Waals surface area contributed by atoms with Crippen LogP contribution in [0.4, 0.5) is 0 Å². The number of aliphatic hydroxyl groups is 1. The van der Waals surface area contributed by atoms with Crippen molar-refractivity contribution in [2.75, 3.05) is 27.9 Å². The number of benzene rings is 1. The van der Waals surface area contributed by atoms with Gasteiger partial charge in [-0.1, -0.05) is 0 Å². The van der Waals surface area contributed by atoms with Gasteiger partial charge >= 0.3 is 0 Å². The summed E-state index contributed by atoms with van der Waals surface area (Å²) in [5.41, 5.74) is 1.42. The highest BCUT2D eigenvalue weighted by molar-refractivity contribution is 5.91. The van der Waals surface area contributed by atoms with Gasteiger partial charge in [-0.2, -0.15) is 0 Å².